The topological polar surface area (TPSA) is 60.0 Å². The molecule has 0 fully saturated rings. The smallest absolute Gasteiger partial charge is 0.121 e. The number of benzene rings is 2. The van der Waals surface area contributed by atoms with Crippen molar-refractivity contribution in [1.29, 1.82) is 0 Å². The van der Waals surface area contributed by atoms with E-state index in [0.29, 0.717) is 0 Å². The van der Waals surface area contributed by atoms with E-state index >= 15 is 0 Å². The lowest BCUT2D eigenvalue weighted by atomic mass is 9.92. The van der Waals surface area contributed by atoms with Gasteiger partial charge in [-0.3, -0.25) is 0 Å². The Bertz CT molecular complexity index is 988. The van der Waals surface area contributed by atoms with Crippen molar-refractivity contribution in [1.82, 2.24) is 15.0 Å². The van der Waals surface area contributed by atoms with Crippen LogP contribution < -0.4 is 10.6 Å². The van der Waals surface area contributed by atoms with Gasteiger partial charge in [-0.1, -0.05) is 47.7 Å². The van der Waals surface area contributed by atoms with Gasteiger partial charge in [0.05, 0.1) is 0 Å². The van der Waals surface area contributed by atoms with Gasteiger partial charge in [-0.15, -0.1) is 5.10 Å². The molecule has 2 heterocycles. The highest BCUT2D eigenvalue weighted by Gasteiger charge is 2.33. The summed E-state index contributed by atoms with van der Waals surface area (Å²) in [5, 5.41) is 9.03. The second-order valence-electron chi connectivity index (χ2n) is 8.78. The molecule has 3 aromatic rings. The van der Waals surface area contributed by atoms with Crippen LogP contribution in [0.3, 0.4) is 0 Å². The number of hydrogen-bond donors (Lipinski definition) is 1. The van der Waals surface area contributed by atoms with Crippen LogP contribution in [-0.4, -0.2) is 20.5 Å². The standard InChI is InChI=1S/C22H27N5/c1-21(2,3)26-14-15-10-6-7-11-16(15)19-20(17-12-8-9-13-18(17)26)27(25-24-19)22(4,5)23/h6-13H,14,23H2,1-5H3. The molecule has 2 N–H and O–H groups in total. The Morgan fingerprint density at radius 1 is 0.889 bits per heavy atom. The van der Waals surface area contributed by atoms with Gasteiger partial charge < -0.3 is 10.6 Å². The molecule has 1 aliphatic heterocycles. The van der Waals surface area contributed by atoms with Gasteiger partial charge in [-0.25, -0.2) is 4.68 Å². The van der Waals surface area contributed by atoms with Crippen LogP contribution >= 0.6 is 0 Å². The first-order chi connectivity index (χ1) is 12.7. The van der Waals surface area contributed by atoms with Crippen LogP contribution in [0.4, 0.5) is 5.69 Å². The number of aromatic nitrogens is 3. The molecular weight excluding hydrogens is 334 g/mol. The SMILES string of the molecule is CC(C)(C)N1Cc2ccccc2-c2nnn(C(C)(C)N)c2-c2ccccc21. The van der Waals surface area contributed by atoms with Crippen molar-refractivity contribution < 1.29 is 0 Å². The van der Waals surface area contributed by atoms with Crippen LogP contribution in [0.1, 0.15) is 40.2 Å². The fraction of sp³-hybridized carbons (Fsp3) is 0.364. The van der Waals surface area contributed by atoms with E-state index in [1.165, 1.54) is 11.3 Å². The molecule has 0 spiro atoms. The van der Waals surface area contributed by atoms with Gasteiger partial charge in [-0.2, -0.15) is 0 Å². The summed E-state index contributed by atoms with van der Waals surface area (Å²) in [5.74, 6) is 0. The lowest BCUT2D eigenvalue weighted by molar-refractivity contribution is 0.329. The Morgan fingerprint density at radius 3 is 2.19 bits per heavy atom. The minimum atomic E-state index is -0.658. The van der Waals surface area contributed by atoms with E-state index < -0.39 is 5.66 Å². The van der Waals surface area contributed by atoms with Crippen LogP contribution in [0, 0.1) is 0 Å². The summed E-state index contributed by atoms with van der Waals surface area (Å²) in [6.45, 7) is 11.5. The average molecular weight is 361 g/mol. The number of nitrogens with zero attached hydrogens (tertiary/aromatic N) is 4. The highest BCUT2D eigenvalue weighted by atomic mass is 15.5. The first-order valence-corrected chi connectivity index (χ1v) is 9.38. The molecule has 0 aliphatic carbocycles. The highest BCUT2D eigenvalue weighted by Crippen LogP contribution is 2.43. The van der Waals surface area contributed by atoms with Gasteiger partial charge >= 0.3 is 0 Å². The third-order valence-corrected chi connectivity index (χ3v) is 5.08. The summed E-state index contributed by atoms with van der Waals surface area (Å²) < 4.78 is 1.85. The third-order valence-electron chi connectivity index (χ3n) is 5.08. The van der Waals surface area contributed by atoms with Crippen molar-refractivity contribution in [3.05, 3.63) is 54.1 Å². The quantitative estimate of drug-likeness (QED) is 0.699. The molecular formula is C22H27N5. The number of rotatable bonds is 1. The second kappa shape index (κ2) is 5.92. The summed E-state index contributed by atoms with van der Waals surface area (Å²) in [4.78, 5) is 2.45. The predicted octanol–water partition coefficient (Wildman–Crippen LogP) is 4.38. The summed E-state index contributed by atoms with van der Waals surface area (Å²) in [5.41, 5.74) is 12.3. The van der Waals surface area contributed by atoms with Crippen LogP contribution in [0.25, 0.3) is 22.5 Å². The predicted molar refractivity (Wildman–Crippen MR) is 110 cm³/mol. The molecule has 0 radical (unpaired) electrons. The molecule has 0 unspecified atom stereocenters. The molecule has 1 aliphatic rings. The molecule has 0 saturated heterocycles. The summed E-state index contributed by atoms with van der Waals surface area (Å²) >= 11 is 0. The monoisotopic (exact) mass is 361 g/mol. The molecule has 27 heavy (non-hydrogen) atoms. The average Bonchev–Trinajstić information content (AvgIpc) is 3.02. The molecule has 5 nitrogen and oxygen atoms in total. The van der Waals surface area contributed by atoms with E-state index in [-0.39, 0.29) is 5.54 Å². The molecule has 5 heteroatoms. The Labute approximate surface area is 160 Å². The van der Waals surface area contributed by atoms with Crippen LogP contribution in [0.2, 0.25) is 0 Å². The van der Waals surface area contributed by atoms with E-state index in [4.69, 9.17) is 5.73 Å². The lowest BCUT2D eigenvalue weighted by Gasteiger charge is -2.40. The van der Waals surface area contributed by atoms with E-state index in [9.17, 15) is 0 Å². The Balaban J connectivity index is 2.12. The van der Waals surface area contributed by atoms with Gasteiger partial charge in [0.15, 0.2) is 0 Å². The minimum Gasteiger partial charge on any atom is -0.362 e. The van der Waals surface area contributed by atoms with Gasteiger partial charge in [0.2, 0.25) is 0 Å². The first kappa shape index (κ1) is 17.7. The molecule has 0 saturated carbocycles. The maximum atomic E-state index is 6.46. The second-order valence-corrected chi connectivity index (χ2v) is 8.78. The fourth-order valence-electron chi connectivity index (χ4n) is 3.76. The van der Waals surface area contributed by atoms with Crippen LogP contribution in [0.15, 0.2) is 48.5 Å². The van der Waals surface area contributed by atoms with Gasteiger partial charge in [0, 0.05) is 28.9 Å². The van der Waals surface area contributed by atoms with Gasteiger partial charge in [-0.05, 0) is 46.2 Å². The number of fused-ring (bicyclic) bond motifs is 5. The van der Waals surface area contributed by atoms with Crippen molar-refractivity contribution in [2.24, 2.45) is 5.73 Å². The van der Waals surface area contributed by atoms with Crippen LogP contribution in [-0.2, 0) is 12.2 Å². The summed E-state index contributed by atoms with van der Waals surface area (Å²) in [6, 6.07) is 16.9. The molecule has 0 amide bonds. The van der Waals surface area contributed by atoms with E-state index in [0.717, 1.165) is 29.1 Å². The van der Waals surface area contributed by atoms with Crippen molar-refractivity contribution in [2.75, 3.05) is 4.90 Å². The van der Waals surface area contributed by atoms with Crippen molar-refractivity contribution >= 4 is 5.69 Å². The lowest BCUT2D eigenvalue weighted by Crippen LogP contribution is -2.42. The number of anilines is 1. The largest absolute Gasteiger partial charge is 0.362 e. The Kier molecular flexibility index (Phi) is 3.89. The fourth-order valence-corrected chi connectivity index (χ4v) is 3.76. The van der Waals surface area contributed by atoms with Gasteiger partial charge in [0.25, 0.3) is 0 Å². The first-order valence-electron chi connectivity index (χ1n) is 9.38. The highest BCUT2D eigenvalue weighted by molar-refractivity contribution is 5.88. The zero-order valence-electron chi connectivity index (χ0n) is 16.7. The summed E-state index contributed by atoms with van der Waals surface area (Å²) in [6.07, 6.45) is 0. The number of para-hydroxylation sites is 1. The normalized spacial score (nSPS) is 14.1. The van der Waals surface area contributed by atoms with E-state index in [1.807, 2.05) is 18.5 Å². The maximum Gasteiger partial charge on any atom is 0.121 e. The molecule has 2 aromatic carbocycles. The molecule has 0 atom stereocenters. The Morgan fingerprint density at radius 2 is 1.52 bits per heavy atom. The van der Waals surface area contributed by atoms with Crippen LogP contribution in [0.5, 0.6) is 0 Å². The summed E-state index contributed by atoms with van der Waals surface area (Å²) in [7, 11) is 0. The Hall–Kier alpha value is -2.66. The molecule has 4 rings (SSSR count). The maximum absolute atomic E-state index is 6.46. The van der Waals surface area contributed by atoms with Crippen molar-refractivity contribution in [3.8, 4) is 22.5 Å². The van der Waals surface area contributed by atoms with Crippen molar-refractivity contribution in [3.63, 3.8) is 0 Å². The zero-order chi connectivity index (χ0) is 19.4. The van der Waals surface area contributed by atoms with E-state index in [1.54, 1.807) is 0 Å². The molecule has 140 valence electrons. The number of hydrogen-bond acceptors (Lipinski definition) is 4. The van der Waals surface area contributed by atoms with Crippen molar-refractivity contribution in [2.45, 2.75) is 52.4 Å². The number of nitrogens with two attached hydrogens (primary N) is 1. The van der Waals surface area contributed by atoms with Gasteiger partial charge in [0.1, 0.15) is 17.1 Å². The molecule has 0 bridgehead atoms. The van der Waals surface area contributed by atoms with E-state index in [2.05, 4.69) is 84.5 Å². The minimum absolute atomic E-state index is 0.0444. The zero-order valence-corrected chi connectivity index (χ0v) is 16.7. The molecule has 1 aromatic heterocycles. The third kappa shape index (κ3) is 2.92.